The molecule has 0 amide bonds. The van der Waals surface area contributed by atoms with Crippen LogP contribution >= 0.6 is 0 Å². The largest absolute Gasteiger partial charge is 0.496 e. The van der Waals surface area contributed by atoms with Gasteiger partial charge in [-0.15, -0.1) is 0 Å². The standard InChI is InChI=1S/C27H23NO6/c1-16-9-22-19(13-28(14-31-22)12-18-5-3-4-6-20(18)30-2)27-25(16)26(29)24(34-27)11-17-7-8-21-23(10-17)33-15-32-21/h3-11H,12-15H2,1-2H3/b24-11-. The van der Waals surface area contributed by atoms with Crippen LogP contribution in [0.4, 0.5) is 0 Å². The molecule has 3 aliphatic rings. The predicted octanol–water partition coefficient (Wildman–Crippen LogP) is 4.70. The summed E-state index contributed by atoms with van der Waals surface area (Å²) in [6.45, 7) is 3.80. The average Bonchev–Trinajstić information content (AvgIpc) is 3.44. The summed E-state index contributed by atoms with van der Waals surface area (Å²) in [6.07, 6.45) is 1.74. The first-order valence-corrected chi connectivity index (χ1v) is 11.1. The number of carbonyl (C=O) groups excluding carboxylic acids is 1. The number of ether oxygens (including phenoxy) is 5. The topological polar surface area (TPSA) is 66.5 Å². The van der Waals surface area contributed by atoms with E-state index < -0.39 is 0 Å². The fraction of sp³-hybridized carbons (Fsp3) is 0.222. The molecule has 172 valence electrons. The highest BCUT2D eigenvalue weighted by molar-refractivity contribution is 6.16. The summed E-state index contributed by atoms with van der Waals surface area (Å²) in [5, 5.41) is 0. The van der Waals surface area contributed by atoms with E-state index in [1.165, 1.54) is 0 Å². The summed E-state index contributed by atoms with van der Waals surface area (Å²) >= 11 is 0. The first-order chi connectivity index (χ1) is 16.6. The molecule has 0 bridgehead atoms. The summed E-state index contributed by atoms with van der Waals surface area (Å²) in [5.74, 6) is 3.68. The molecule has 0 N–H and O–H groups in total. The number of carbonyl (C=O) groups is 1. The first-order valence-electron chi connectivity index (χ1n) is 11.1. The molecule has 7 heteroatoms. The summed E-state index contributed by atoms with van der Waals surface area (Å²) in [5.41, 5.74) is 4.19. The number of nitrogens with zero attached hydrogens (tertiary/aromatic N) is 1. The first kappa shape index (κ1) is 20.6. The summed E-state index contributed by atoms with van der Waals surface area (Å²) < 4.78 is 28.6. The second-order valence-corrected chi connectivity index (χ2v) is 8.50. The predicted molar refractivity (Wildman–Crippen MR) is 124 cm³/mol. The van der Waals surface area contributed by atoms with Gasteiger partial charge in [-0.2, -0.15) is 0 Å². The Morgan fingerprint density at radius 3 is 2.76 bits per heavy atom. The number of fused-ring (bicyclic) bond motifs is 4. The van der Waals surface area contributed by atoms with Gasteiger partial charge in [0.1, 0.15) is 24.0 Å². The van der Waals surface area contributed by atoms with Crippen molar-refractivity contribution in [2.24, 2.45) is 0 Å². The van der Waals surface area contributed by atoms with Crippen molar-refractivity contribution < 1.29 is 28.5 Å². The molecule has 0 aromatic heterocycles. The van der Waals surface area contributed by atoms with E-state index in [0.29, 0.717) is 42.6 Å². The zero-order valence-corrected chi connectivity index (χ0v) is 18.9. The van der Waals surface area contributed by atoms with E-state index in [1.807, 2.05) is 55.5 Å². The molecule has 0 unspecified atom stereocenters. The quantitative estimate of drug-likeness (QED) is 0.526. The van der Waals surface area contributed by atoms with Crippen molar-refractivity contribution in [1.82, 2.24) is 4.90 Å². The van der Waals surface area contributed by atoms with Crippen molar-refractivity contribution in [3.8, 4) is 28.7 Å². The molecule has 0 saturated carbocycles. The van der Waals surface area contributed by atoms with Gasteiger partial charge >= 0.3 is 0 Å². The Morgan fingerprint density at radius 1 is 1.03 bits per heavy atom. The van der Waals surface area contributed by atoms with Gasteiger partial charge in [-0.1, -0.05) is 24.3 Å². The van der Waals surface area contributed by atoms with E-state index in [-0.39, 0.29) is 18.3 Å². The van der Waals surface area contributed by atoms with Crippen LogP contribution < -0.4 is 23.7 Å². The lowest BCUT2D eigenvalue weighted by atomic mass is 9.98. The number of rotatable bonds is 4. The Morgan fingerprint density at radius 2 is 1.88 bits per heavy atom. The minimum absolute atomic E-state index is 0.130. The smallest absolute Gasteiger partial charge is 0.232 e. The van der Waals surface area contributed by atoms with Gasteiger partial charge < -0.3 is 23.7 Å². The van der Waals surface area contributed by atoms with Crippen LogP contribution in [0.15, 0.2) is 54.3 Å². The van der Waals surface area contributed by atoms with E-state index >= 15 is 0 Å². The van der Waals surface area contributed by atoms with Crippen molar-refractivity contribution >= 4 is 11.9 Å². The second kappa shape index (κ2) is 8.11. The molecule has 0 fully saturated rings. The second-order valence-electron chi connectivity index (χ2n) is 8.50. The number of hydrogen-bond acceptors (Lipinski definition) is 7. The summed E-state index contributed by atoms with van der Waals surface area (Å²) in [7, 11) is 1.67. The normalized spacial score (nSPS) is 17.2. The van der Waals surface area contributed by atoms with E-state index in [0.717, 1.165) is 33.8 Å². The lowest BCUT2D eigenvalue weighted by Crippen LogP contribution is -2.32. The van der Waals surface area contributed by atoms with Gasteiger partial charge in [-0.3, -0.25) is 9.69 Å². The maximum Gasteiger partial charge on any atom is 0.232 e. The molecule has 3 aromatic carbocycles. The third kappa shape index (κ3) is 3.45. The molecular formula is C27H23NO6. The van der Waals surface area contributed by atoms with Gasteiger partial charge in [-0.25, -0.2) is 0 Å². The van der Waals surface area contributed by atoms with E-state index in [9.17, 15) is 4.79 Å². The van der Waals surface area contributed by atoms with Crippen molar-refractivity contribution in [2.45, 2.75) is 20.0 Å². The molecule has 0 radical (unpaired) electrons. The number of para-hydroxylation sites is 1. The summed E-state index contributed by atoms with van der Waals surface area (Å²) in [4.78, 5) is 15.4. The number of allylic oxidation sites excluding steroid dienone is 1. The molecule has 3 aromatic rings. The van der Waals surface area contributed by atoms with Gasteiger partial charge in [0.05, 0.1) is 18.2 Å². The highest BCUT2D eigenvalue weighted by Gasteiger charge is 2.35. The Hall–Kier alpha value is -3.97. The lowest BCUT2D eigenvalue weighted by Gasteiger charge is -2.30. The minimum Gasteiger partial charge on any atom is -0.496 e. The van der Waals surface area contributed by atoms with E-state index in [4.69, 9.17) is 23.7 Å². The molecule has 34 heavy (non-hydrogen) atoms. The number of ketones is 1. The van der Waals surface area contributed by atoms with Gasteiger partial charge in [0, 0.05) is 18.7 Å². The fourth-order valence-electron chi connectivity index (χ4n) is 4.61. The van der Waals surface area contributed by atoms with Crippen molar-refractivity contribution in [1.29, 1.82) is 0 Å². The molecule has 0 aliphatic carbocycles. The maximum atomic E-state index is 13.3. The van der Waals surface area contributed by atoms with Crippen LogP contribution in [0.25, 0.3) is 6.08 Å². The zero-order chi connectivity index (χ0) is 23.2. The molecular weight excluding hydrogens is 434 g/mol. The third-order valence-electron chi connectivity index (χ3n) is 6.27. The highest BCUT2D eigenvalue weighted by Crippen LogP contribution is 2.44. The maximum absolute atomic E-state index is 13.3. The number of hydrogen-bond donors (Lipinski definition) is 0. The lowest BCUT2D eigenvalue weighted by molar-refractivity contribution is 0.0864. The molecule has 0 atom stereocenters. The van der Waals surface area contributed by atoms with Crippen LogP contribution in [0.5, 0.6) is 28.7 Å². The van der Waals surface area contributed by atoms with Crippen LogP contribution in [0.1, 0.15) is 32.6 Å². The SMILES string of the molecule is COc1ccccc1CN1COc2cc(C)c3c(c2C1)O/C(=C\c1ccc2c(c1)OCO2)C3=O. The van der Waals surface area contributed by atoms with Crippen LogP contribution in [0, 0.1) is 6.92 Å². The Bertz CT molecular complexity index is 1350. The Kier molecular flexibility index (Phi) is 4.92. The molecule has 0 saturated heterocycles. The van der Waals surface area contributed by atoms with Gasteiger partial charge in [-0.05, 0) is 48.4 Å². The van der Waals surface area contributed by atoms with Gasteiger partial charge in [0.2, 0.25) is 12.6 Å². The fourth-order valence-corrected chi connectivity index (χ4v) is 4.61. The minimum atomic E-state index is -0.130. The van der Waals surface area contributed by atoms with Crippen molar-refractivity contribution in [2.75, 3.05) is 20.6 Å². The van der Waals surface area contributed by atoms with Gasteiger partial charge in [0.25, 0.3) is 0 Å². The number of benzene rings is 3. The number of methoxy groups -OCH3 is 1. The van der Waals surface area contributed by atoms with Crippen molar-refractivity contribution in [3.63, 3.8) is 0 Å². The highest BCUT2D eigenvalue weighted by atomic mass is 16.7. The Balaban J connectivity index is 1.31. The van der Waals surface area contributed by atoms with E-state index in [2.05, 4.69) is 4.90 Å². The molecule has 7 nitrogen and oxygen atoms in total. The van der Waals surface area contributed by atoms with E-state index in [1.54, 1.807) is 13.2 Å². The van der Waals surface area contributed by atoms with Crippen molar-refractivity contribution in [3.05, 3.63) is 82.1 Å². The molecule has 0 spiro atoms. The average molecular weight is 457 g/mol. The molecule has 3 heterocycles. The Labute approximate surface area is 197 Å². The van der Waals surface area contributed by atoms with Crippen LogP contribution in [-0.2, 0) is 13.1 Å². The van der Waals surface area contributed by atoms with Gasteiger partial charge in [0.15, 0.2) is 17.3 Å². The van der Waals surface area contributed by atoms with Crippen LogP contribution in [-0.4, -0.2) is 31.3 Å². The molecule has 3 aliphatic heterocycles. The monoisotopic (exact) mass is 457 g/mol. The summed E-state index contributed by atoms with van der Waals surface area (Å²) in [6, 6.07) is 15.4. The van der Waals surface area contributed by atoms with Crippen LogP contribution in [0.2, 0.25) is 0 Å². The van der Waals surface area contributed by atoms with Crippen LogP contribution in [0.3, 0.4) is 0 Å². The number of Topliss-reactive ketones (excluding diaryl/α,β-unsaturated/α-hetero) is 1. The third-order valence-corrected chi connectivity index (χ3v) is 6.27. The zero-order valence-electron chi connectivity index (χ0n) is 18.9. The molecule has 6 rings (SSSR count). The number of aryl methyl sites for hydroxylation is 1.